The largest absolute Gasteiger partial charge is 0.382 e. The Morgan fingerprint density at radius 1 is 1.11 bits per heavy atom. The topological polar surface area (TPSA) is 38.0 Å². The van der Waals surface area contributed by atoms with Crippen LogP contribution in [-0.2, 0) is 7.05 Å². The van der Waals surface area contributed by atoms with Gasteiger partial charge < -0.3 is 5.11 Å². The van der Waals surface area contributed by atoms with E-state index < -0.39 is 6.10 Å². The number of aliphatic hydroxyl groups is 1. The van der Waals surface area contributed by atoms with Gasteiger partial charge in [0.1, 0.15) is 6.10 Å². The quantitative estimate of drug-likeness (QED) is 0.786. The van der Waals surface area contributed by atoms with Crippen LogP contribution in [0.1, 0.15) is 17.4 Å². The highest BCUT2D eigenvalue weighted by atomic mass is 79.9. The molecule has 3 nitrogen and oxygen atoms in total. The molecule has 0 fully saturated rings. The van der Waals surface area contributed by atoms with E-state index >= 15 is 0 Å². The molecule has 3 aromatic rings. The third-order valence-corrected chi connectivity index (χ3v) is 3.77. The Hall–Kier alpha value is -1.65. The molecule has 3 rings (SSSR count). The van der Waals surface area contributed by atoms with Crippen LogP contribution in [0.15, 0.2) is 53.1 Å². The van der Waals surface area contributed by atoms with Crippen LogP contribution in [0.5, 0.6) is 0 Å². The summed E-state index contributed by atoms with van der Waals surface area (Å²) in [6, 6.07) is 13.9. The molecule has 1 N–H and O–H groups in total. The van der Waals surface area contributed by atoms with E-state index in [1.165, 1.54) is 0 Å². The Morgan fingerprint density at radius 2 is 1.84 bits per heavy atom. The van der Waals surface area contributed by atoms with Crippen LogP contribution in [0.4, 0.5) is 0 Å². The summed E-state index contributed by atoms with van der Waals surface area (Å²) in [7, 11) is 1.83. The molecule has 0 amide bonds. The van der Waals surface area contributed by atoms with Crippen LogP contribution < -0.4 is 0 Å². The Kier molecular flexibility index (Phi) is 3.12. The average molecular weight is 317 g/mol. The molecule has 1 unspecified atom stereocenters. The van der Waals surface area contributed by atoms with Crippen molar-refractivity contribution in [2.45, 2.75) is 6.10 Å². The van der Waals surface area contributed by atoms with Crippen molar-refractivity contribution >= 4 is 26.7 Å². The molecular formula is C15H13BrN2O. The number of benzene rings is 2. The fourth-order valence-corrected chi connectivity index (χ4v) is 2.61. The second-order valence-electron chi connectivity index (χ2n) is 4.53. The van der Waals surface area contributed by atoms with E-state index in [4.69, 9.17) is 0 Å². The van der Waals surface area contributed by atoms with Crippen molar-refractivity contribution < 1.29 is 5.11 Å². The summed E-state index contributed by atoms with van der Waals surface area (Å²) in [6.45, 7) is 0. The zero-order valence-electron chi connectivity index (χ0n) is 10.4. The Morgan fingerprint density at radius 3 is 2.58 bits per heavy atom. The first-order chi connectivity index (χ1) is 9.15. The van der Waals surface area contributed by atoms with Gasteiger partial charge in [0.25, 0.3) is 0 Å². The van der Waals surface area contributed by atoms with Crippen LogP contribution in [0, 0.1) is 0 Å². The maximum atomic E-state index is 10.4. The van der Waals surface area contributed by atoms with Gasteiger partial charge in [0, 0.05) is 17.7 Å². The van der Waals surface area contributed by atoms with E-state index in [1.807, 2.05) is 43.4 Å². The predicted molar refractivity (Wildman–Crippen MR) is 78.9 cm³/mol. The number of hydrogen-bond acceptors (Lipinski definition) is 2. The van der Waals surface area contributed by atoms with Gasteiger partial charge in [-0.3, -0.25) is 4.68 Å². The van der Waals surface area contributed by atoms with Gasteiger partial charge in [-0.1, -0.05) is 34.1 Å². The first-order valence-corrected chi connectivity index (χ1v) is 6.79. The summed E-state index contributed by atoms with van der Waals surface area (Å²) in [4.78, 5) is 0. The number of fused-ring (bicyclic) bond motifs is 1. The maximum Gasteiger partial charge on any atom is 0.121 e. The van der Waals surface area contributed by atoms with E-state index in [0.29, 0.717) is 0 Å². The third kappa shape index (κ3) is 2.29. The smallest absolute Gasteiger partial charge is 0.121 e. The summed E-state index contributed by atoms with van der Waals surface area (Å²) in [6.07, 6.45) is 1.04. The zero-order valence-corrected chi connectivity index (χ0v) is 12.0. The molecule has 0 radical (unpaired) electrons. The number of aryl methyl sites for hydroxylation is 1. The molecule has 0 aliphatic rings. The first kappa shape index (κ1) is 12.4. The average Bonchev–Trinajstić information content (AvgIpc) is 2.83. The maximum absolute atomic E-state index is 10.4. The van der Waals surface area contributed by atoms with Gasteiger partial charge in [0.15, 0.2) is 0 Å². The molecule has 1 heterocycles. The van der Waals surface area contributed by atoms with Crippen molar-refractivity contribution in [1.29, 1.82) is 0 Å². The fraction of sp³-hybridized carbons (Fsp3) is 0.133. The fourth-order valence-electron chi connectivity index (χ4n) is 2.23. The van der Waals surface area contributed by atoms with Crippen molar-refractivity contribution in [3.63, 3.8) is 0 Å². The van der Waals surface area contributed by atoms with E-state index in [1.54, 1.807) is 10.9 Å². The minimum absolute atomic E-state index is 0.652. The van der Waals surface area contributed by atoms with E-state index in [0.717, 1.165) is 26.5 Å². The van der Waals surface area contributed by atoms with Crippen LogP contribution >= 0.6 is 15.9 Å². The van der Waals surface area contributed by atoms with Gasteiger partial charge in [-0.05, 0) is 40.6 Å². The van der Waals surface area contributed by atoms with Gasteiger partial charge in [-0.2, -0.15) is 5.10 Å². The summed E-state index contributed by atoms with van der Waals surface area (Å²) >= 11 is 3.46. The van der Waals surface area contributed by atoms with Crippen molar-refractivity contribution in [2.24, 2.45) is 7.05 Å². The minimum Gasteiger partial charge on any atom is -0.382 e. The molecule has 4 heteroatoms. The highest BCUT2D eigenvalue weighted by Gasteiger charge is 2.14. The molecule has 0 bridgehead atoms. The number of aromatic nitrogens is 2. The lowest BCUT2D eigenvalue weighted by Crippen LogP contribution is -2.06. The van der Waals surface area contributed by atoms with Crippen molar-refractivity contribution in [2.75, 3.05) is 0 Å². The van der Waals surface area contributed by atoms with Crippen molar-refractivity contribution in [3.05, 3.63) is 64.4 Å². The number of nitrogens with zero attached hydrogens (tertiary/aromatic N) is 2. The molecule has 96 valence electrons. The zero-order chi connectivity index (χ0) is 13.4. The van der Waals surface area contributed by atoms with Crippen LogP contribution in [-0.4, -0.2) is 14.9 Å². The van der Waals surface area contributed by atoms with Crippen LogP contribution in [0.2, 0.25) is 0 Å². The molecule has 0 saturated carbocycles. The molecule has 0 aliphatic heterocycles. The summed E-state index contributed by atoms with van der Waals surface area (Å²) in [5.41, 5.74) is 1.66. The summed E-state index contributed by atoms with van der Waals surface area (Å²) < 4.78 is 2.75. The molecule has 2 aromatic carbocycles. The number of hydrogen-bond donors (Lipinski definition) is 1. The first-order valence-electron chi connectivity index (χ1n) is 6.00. The van der Waals surface area contributed by atoms with Gasteiger partial charge in [-0.15, -0.1) is 0 Å². The molecule has 19 heavy (non-hydrogen) atoms. The number of aliphatic hydroxyl groups excluding tert-OH is 1. The standard InChI is InChI=1S/C15H13BrN2O/c1-18-14(6-7-17-18)15(19)12-3-2-11-9-13(16)5-4-10(11)8-12/h2-9,15,19H,1H3. The second-order valence-corrected chi connectivity index (χ2v) is 5.45. The van der Waals surface area contributed by atoms with E-state index in [2.05, 4.69) is 27.1 Å². The monoisotopic (exact) mass is 316 g/mol. The molecule has 1 aromatic heterocycles. The van der Waals surface area contributed by atoms with Crippen molar-refractivity contribution in [3.8, 4) is 0 Å². The van der Waals surface area contributed by atoms with Gasteiger partial charge in [0.2, 0.25) is 0 Å². The molecule has 0 aliphatic carbocycles. The Bertz CT molecular complexity index is 736. The second kappa shape index (κ2) is 4.79. The number of rotatable bonds is 2. The normalized spacial score (nSPS) is 12.8. The summed E-state index contributed by atoms with van der Waals surface area (Å²) in [5.74, 6) is 0. The lowest BCUT2D eigenvalue weighted by molar-refractivity contribution is 0.210. The highest BCUT2D eigenvalue weighted by Crippen LogP contribution is 2.26. The summed E-state index contributed by atoms with van der Waals surface area (Å²) in [5, 5.41) is 16.8. The predicted octanol–water partition coefficient (Wildman–Crippen LogP) is 3.42. The molecular weight excluding hydrogens is 304 g/mol. The lowest BCUT2D eigenvalue weighted by atomic mass is 10.0. The van der Waals surface area contributed by atoms with Crippen molar-refractivity contribution in [1.82, 2.24) is 9.78 Å². The van der Waals surface area contributed by atoms with Gasteiger partial charge in [0.05, 0.1) is 5.69 Å². The van der Waals surface area contributed by atoms with E-state index in [-0.39, 0.29) is 0 Å². The minimum atomic E-state index is -0.652. The van der Waals surface area contributed by atoms with Crippen LogP contribution in [0.25, 0.3) is 10.8 Å². The highest BCUT2D eigenvalue weighted by molar-refractivity contribution is 9.10. The molecule has 0 spiro atoms. The molecule has 0 saturated heterocycles. The number of halogens is 1. The Labute approximate surface area is 119 Å². The van der Waals surface area contributed by atoms with Crippen LogP contribution in [0.3, 0.4) is 0 Å². The lowest BCUT2D eigenvalue weighted by Gasteiger charge is -2.12. The third-order valence-electron chi connectivity index (χ3n) is 3.28. The SMILES string of the molecule is Cn1nccc1C(O)c1ccc2cc(Br)ccc2c1. The van der Waals surface area contributed by atoms with E-state index in [9.17, 15) is 5.11 Å². The Balaban J connectivity index is 2.06. The molecule has 1 atom stereocenters. The van der Waals surface area contributed by atoms with Gasteiger partial charge in [-0.25, -0.2) is 0 Å². The van der Waals surface area contributed by atoms with Gasteiger partial charge >= 0.3 is 0 Å².